The van der Waals surface area contributed by atoms with Gasteiger partial charge in [-0.3, -0.25) is 4.90 Å². The first-order chi connectivity index (χ1) is 10.5. The van der Waals surface area contributed by atoms with Crippen molar-refractivity contribution in [2.45, 2.75) is 38.3 Å². The van der Waals surface area contributed by atoms with E-state index >= 15 is 0 Å². The smallest absolute Gasteiger partial charge is 0.206 e. The zero-order valence-corrected chi connectivity index (χ0v) is 13.5. The number of nitrogens with zero attached hydrogens (tertiary/aromatic N) is 2. The molecule has 118 valence electrons. The minimum atomic E-state index is -0.548. The van der Waals surface area contributed by atoms with Crippen molar-refractivity contribution < 1.29 is 8.91 Å². The average Bonchev–Trinajstić information content (AvgIpc) is 2.91. The van der Waals surface area contributed by atoms with E-state index in [1.54, 1.807) is 12.1 Å². The summed E-state index contributed by atoms with van der Waals surface area (Å²) in [6, 6.07) is 3.58. The van der Waals surface area contributed by atoms with E-state index in [1.807, 2.05) is 0 Å². The molecule has 4 nitrogen and oxygen atoms in total. The minimum absolute atomic E-state index is 0.0530. The highest BCUT2D eigenvalue weighted by molar-refractivity contribution is 6.31. The number of hydrogen-bond donors (Lipinski definition) is 1. The van der Waals surface area contributed by atoms with Crippen LogP contribution >= 0.6 is 11.6 Å². The lowest BCUT2D eigenvalue weighted by Crippen LogP contribution is -2.66. The molecule has 3 aliphatic rings. The van der Waals surface area contributed by atoms with Gasteiger partial charge in [-0.05, 0) is 57.8 Å². The van der Waals surface area contributed by atoms with Crippen LogP contribution < -0.4 is 5.32 Å². The van der Waals surface area contributed by atoms with Crippen molar-refractivity contribution >= 4 is 28.4 Å². The standard InChI is InChI=1S/C16H19ClFN3O/c1-16(2)14(9-5-7-21(16)8-6-9)19-15-10-3-4-11(17)12(18)13(10)22-20-15/h3-4,9,14H,5-8H2,1-2H3,(H,19,20)/t14-/m0/s1. The Bertz CT molecular complexity index is 721. The van der Waals surface area contributed by atoms with Crippen LogP contribution in [0.25, 0.3) is 11.0 Å². The third-order valence-corrected chi connectivity index (χ3v) is 5.70. The Hall–Kier alpha value is -1.33. The molecule has 1 N–H and O–H groups in total. The molecular weight excluding hydrogens is 305 g/mol. The Balaban J connectivity index is 1.70. The summed E-state index contributed by atoms with van der Waals surface area (Å²) < 4.78 is 19.2. The summed E-state index contributed by atoms with van der Waals surface area (Å²) in [5.41, 5.74) is 0.173. The van der Waals surface area contributed by atoms with Crippen molar-refractivity contribution in [2.24, 2.45) is 5.92 Å². The molecule has 22 heavy (non-hydrogen) atoms. The van der Waals surface area contributed by atoms with Crippen molar-refractivity contribution in [3.8, 4) is 0 Å². The lowest BCUT2D eigenvalue weighted by molar-refractivity contribution is -0.0189. The fraction of sp³-hybridized carbons (Fsp3) is 0.562. The van der Waals surface area contributed by atoms with Crippen LogP contribution in [-0.4, -0.2) is 34.7 Å². The summed E-state index contributed by atoms with van der Waals surface area (Å²) in [7, 11) is 0. The maximum absolute atomic E-state index is 14.0. The fourth-order valence-corrected chi connectivity index (χ4v) is 4.23. The molecule has 3 saturated heterocycles. The van der Waals surface area contributed by atoms with Crippen LogP contribution in [0.3, 0.4) is 0 Å². The van der Waals surface area contributed by atoms with Gasteiger partial charge in [-0.15, -0.1) is 0 Å². The van der Waals surface area contributed by atoms with Gasteiger partial charge in [0.25, 0.3) is 0 Å². The molecule has 0 aliphatic carbocycles. The van der Waals surface area contributed by atoms with E-state index < -0.39 is 5.82 Å². The number of rotatable bonds is 2. The highest BCUT2D eigenvalue weighted by Crippen LogP contribution is 2.41. The van der Waals surface area contributed by atoms with Crippen molar-refractivity contribution in [3.63, 3.8) is 0 Å². The Kier molecular flexibility index (Phi) is 3.13. The highest BCUT2D eigenvalue weighted by Gasteiger charge is 2.47. The van der Waals surface area contributed by atoms with Crippen LogP contribution in [0.4, 0.5) is 10.2 Å². The molecule has 1 aromatic heterocycles. The second kappa shape index (κ2) is 4.83. The molecule has 5 rings (SSSR count). The van der Waals surface area contributed by atoms with E-state index in [4.69, 9.17) is 16.1 Å². The molecule has 6 heteroatoms. The molecule has 0 spiro atoms. The van der Waals surface area contributed by atoms with Crippen LogP contribution in [0.1, 0.15) is 26.7 Å². The molecule has 0 unspecified atom stereocenters. The van der Waals surface area contributed by atoms with Crippen LogP contribution in [0.15, 0.2) is 16.7 Å². The van der Waals surface area contributed by atoms with Crippen LogP contribution in [-0.2, 0) is 0 Å². The van der Waals surface area contributed by atoms with E-state index in [2.05, 4.69) is 29.2 Å². The molecule has 4 heterocycles. The lowest BCUT2D eigenvalue weighted by Gasteiger charge is -2.56. The van der Waals surface area contributed by atoms with Gasteiger partial charge in [0.1, 0.15) is 0 Å². The van der Waals surface area contributed by atoms with Crippen molar-refractivity contribution in [1.29, 1.82) is 0 Å². The Morgan fingerprint density at radius 2 is 2.09 bits per heavy atom. The number of halogens is 2. The third-order valence-electron chi connectivity index (χ3n) is 5.41. The SMILES string of the molecule is CC1(C)[C@@H](Nc2noc3c(F)c(Cl)ccc23)C2CCN1CC2. The Morgan fingerprint density at radius 1 is 1.36 bits per heavy atom. The zero-order chi connectivity index (χ0) is 15.5. The zero-order valence-electron chi connectivity index (χ0n) is 12.7. The molecule has 1 aromatic carbocycles. The van der Waals surface area contributed by atoms with Crippen molar-refractivity contribution in [3.05, 3.63) is 23.0 Å². The first kappa shape index (κ1) is 14.3. The van der Waals surface area contributed by atoms with Gasteiger partial charge < -0.3 is 9.84 Å². The summed E-state index contributed by atoms with van der Waals surface area (Å²) in [4.78, 5) is 2.52. The summed E-state index contributed by atoms with van der Waals surface area (Å²) in [5, 5.41) is 8.25. The predicted molar refractivity (Wildman–Crippen MR) is 84.8 cm³/mol. The first-order valence-corrected chi connectivity index (χ1v) is 8.11. The largest absolute Gasteiger partial charge is 0.362 e. The van der Waals surface area contributed by atoms with Gasteiger partial charge in [0, 0.05) is 11.6 Å². The van der Waals surface area contributed by atoms with E-state index in [1.165, 1.54) is 12.8 Å². The van der Waals surface area contributed by atoms with Gasteiger partial charge in [-0.2, -0.15) is 0 Å². The van der Waals surface area contributed by atoms with E-state index in [0.29, 0.717) is 17.1 Å². The summed E-state index contributed by atoms with van der Waals surface area (Å²) in [5.74, 6) is 0.675. The summed E-state index contributed by atoms with van der Waals surface area (Å²) in [6.07, 6.45) is 2.38. The highest BCUT2D eigenvalue weighted by atomic mass is 35.5. The number of benzene rings is 1. The number of anilines is 1. The van der Waals surface area contributed by atoms with E-state index in [0.717, 1.165) is 13.1 Å². The van der Waals surface area contributed by atoms with Crippen molar-refractivity contribution in [1.82, 2.24) is 10.1 Å². The quantitative estimate of drug-likeness (QED) is 0.910. The van der Waals surface area contributed by atoms with E-state index in [-0.39, 0.29) is 22.2 Å². The number of hydrogen-bond acceptors (Lipinski definition) is 4. The van der Waals surface area contributed by atoms with Gasteiger partial charge in [0.15, 0.2) is 11.6 Å². The summed E-state index contributed by atoms with van der Waals surface area (Å²) in [6.45, 7) is 6.82. The molecule has 2 aromatic rings. The van der Waals surface area contributed by atoms with Crippen LogP contribution in [0.2, 0.25) is 5.02 Å². The van der Waals surface area contributed by atoms with Gasteiger partial charge in [-0.1, -0.05) is 16.8 Å². The van der Waals surface area contributed by atoms with Crippen LogP contribution in [0, 0.1) is 11.7 Å². The minimum Gasteiger partial charge on any atom is -0.362 e. The van der Waals surface area contributed by atoms with Gasteiger partial charge >= 0.3 is 0 Å². The summed E-state index contributed by atoms with van der Waals surface area (Å²) >= 11 is 5.80. The fourth-order valence-electron chi connectivity index (χ4n) is 4.08. The molecule has 3 aliphatic heterocycles. The predicted octanol–water partition coefficient (Wildman–Crippen LogP) is 3.91. The third kappa shape index (κ3) is 1.95. The average molecular weight is 324 g/mol. The monoisotopic (exact) mass is 323 g/mol. The van der Waals surface area contributed by atoms with E-state index in [9.17, 15) is 4.39 Å². The van der Waals surface area contributed by atoms with Crippen molar-refractivity contribution in [2.75, 3.05) is 18.4 Å². The second-order valence-corrected chi connectivity index (χ2v) is 7.28. The molecule has 2 bridgehead atoms. The Morgan fingerprint density at radius 3 is 2.77 bits per heavy atom. The number of fused-ring (bicyclic) bond motifs is 4. The van der Waals surface area contributed by atoms with Gasteiger partial charge in [0.05, 0.1) is 10.4 Å². The molecule has 0 radical (unpaired) electrons. The molecule has 0 saturated carbocycles. The maximum atomic E-state index is 14.0. The number of piperidine rings is 3. The molecule has 1 atom stereocenters. The number of nitrogens with one attached hydrogen (secondary N) is 1. The normalized spacial score (nSPS) is 29.9. The first-order valence-electron chi connectivity index (χ1n) is 7.73. The molecular formula is C16H19ClFN3O. The topological polar surface area (TPSA) is 41.3 Å². The lowest BCUT2D eigenvalue weighted by atomic mass is 9.72. The number of aromatic nitrogens is 1. The Labute approximate surface area is 133 Å². The second-order valence-electron chi connectivity index (χ2n) is 6.87. The van der Waals surface area contributed by atoms with Gasteiger partial charge in [0.2, 0.25) is 5.58 Å². The van der Waals surface area contributed by atoms with Gasteiger partial charge in [-0.25, -0.2) is 4.39 Å². The molecule has 0 amide bonds. The molecule has 3 fully saturated rings. The maximum Gasteiger partial charge on any atom is 0.206 e. The van der Waals surface area contributed by atoms with Crippen LogP contribution in [0.5, 0.6) is 0 Å².